The van der Waals surface area contributed by atoms with Gasteiger partial charge in [0.1, 0.15) is 12.1 Å². The summed E-state index contributed by atoms with van der Waals surface area (Å²) in [6, 6.07) is 10.1. The Hall–Kier alpha value is -3.75. The van der Waals surface area contributed by atoms with E-state index in [2.05, 4.69) is 16.0 Å². The molecule has 0 aliphatic rings. The van der Waals surface area contributed by atoms with Crippen LogP contribution in [0, 0.1) is 11.8 Å². The van der Waals surface area contributed by atoms with Crippen molar-refractivity contribution in [1.29, 1.82) is 0 Å². The van der Waals surface area contributed by atoms with E-state index in [0.29, 0.717) is 18.4 Å². The average Bonchev–Trinajstić information content (AvgIpc) is 2.89. The van der Waals surface area contributed by atoms with E-state index in [4.69, 9.17) is 4.74 Å². The number of hydrogen-bond donors (Lipinski definition) is 3. The van der Waals surface area contributed by atoms with Gasteiger partial charge in [0.25, 0.3) is 11.7 Å². The summed E-state index contributed by atoms with van der Waals surface area (Å²) >= 11 is 0. The van der Waals surface area contributed by atoms with E-state index in [0.717, 1.165) is 10.8 Å². The lowest BCUT2D eigenvalue weighted by molar-refractivity contribution is -0.154. The van der Waals surface area contributed by atoms with Crippen LogP contribution >= 0.6 is 0 Å². The highest BCUT2D eigenvalue weighted by Crippen LogP contribution is 2.16. The fourth-order valence-corrected chi connectivity index (χ4v) is 4.22. The molecular weight excluding hydrogens is 498 g/mol. The van der Waals surface area contributed by atoms with Crippen LogP contribution in [0.2, 0.25) is 0 Å². The molecule has 0 radical (unpaired) electrons. The molecule has 0 heterocycles. The zero-order chi connectivity index (χ0) is 29.1. The van der Waals surface area contributed by atoms with E-state index < -0.39 is 47.6 Å². The fourth-order valence-electron chi connectivity index (χ4n) is 4.22. The number of hydrogen-bond acceptors (Lipinski definition) is 6. The molecule has 0 spiro atoms. The Morgan fingerprint density at radius 2 is 1.26 bits per heavy atom. The summed E-state index contributed by atoms with van der Waals surface area (Å²) in [5.74, 6) is -3.20. The first-order chi connectivity index (χ1) is 18.5. The van der Waals surface area contributed by atoms with Gasteiger partial charge < -0.3 is 20.7 Å². The quantitative estimate of drug-likeness (QED) is 0.249. The second-order valence-corrected chi connectivity index (χ2v) is 10.5. The number of benzene rings is 2. The van der Waals surface area contributed by atoms with Gasteiger partial charge in [0.2, 0.25) is 11.8 Å². The molecule has 212 valence electrons. The summed E-state index contributed by atoms with van der Waals surface area (Å²) in [6.45, 7) is 11.0. The first-order valence-corrected chi connectivity index (χ1v) is 13.6. The average molecular weight is 540 g/mol. The zero-order valence-corrected chi connectivity index (χ0v) is 23.7. The van der Waals surface area contributed by atoms with Gasteiger partial charge in [-0.1, -0.05) is 65.0 Å². The number of ketones is 1. The van der Waals surface area contributed by atoms with Crippen LogP contribution in [0.15, 0.2) is 42.5 Å². The number of Topliss-reactive ketones (excluding diaryl/α,β-unsaturated/α-hetero) is 1. The molecule has 0 fully saturated rings. The van der Waals surface area contributed by atoms with Gasteiger partial charge in [-0.15, -0.1) is 0 Å². The van der Waals surface area contributed by atoms with Crippen molar-refractivity contribution in [2.45, 2.75) is 78.9 Å². The number of ether oxygens (including phenoxy) is 1. The van der Waals surface area contributed by atoms with Crippen molar-refractivity contribution < 1.29 is 28.7 Å². The Bertz CT molecular complexity index is 1180. The van der Waals surface area contributed by atoms with Gasteiger partial charge >= 0.3 is 5.97 Å². The van der Waals surface area contributed by atoms with E-state index in [1.807, 2.05) is 58.0 Å². The SMILES string of the molecule is CCOC(=O)C(=O)[C@H](CC)NC(=O)[C@H](CC(C)C)NC(=O)[C@H](CC(C)C)NC(=O)c1ccc2ccccc2c1. The minimum absolute atomic E-state index is 0.0395. The lowest BCUT2D eigenvalue weighted by Crippen LogP contribution is -2.56. The molecule has 0 bridgehead atoms. The molecule has 3 amide bonds. The summed E-state index contributed by atoms with van der Waals surface area (Å²) in [7, 11) is 0. The van der Waals surface area contributed by atoms with Crippen LogP contribution in [0.25, 0.3) is 10.8 Å². The van der Waals surface area contributed by atoms with Crippen molar-refractivity contribution in [3.05, 3.63) is 48.0 Å². The summed E-state index contributed by atoms with van der Waals surface area (Å²) < 4.78 is 4.77. The minimum Gasteiger partial charge on any atom is -0.460 e. The highest BCUT2D eigenvalue weighted by Gasteiger charge is 2.32. The third kappa shape index (κ3) is 9.50. The number of rotatable bonds is 14. The second-order valence-electron chi connectivity index (χ2n) is 10.5. The fraction of sp³-hybridized carbons (Fsp3) is 0.500. The smallest absolute Gasteiger partial charge is 0.376 e. The summed E-state index contributed by atoms with van der Waals surface area (Å²) in [4.78, 5) is 64.0. The van der Waals surface area contributed by atoms with Crippen molar-refractivity contribution in [1.82, 2.24) is 16.0 Å². The summed E-state index contributed by atoms with van der Waals surface area (Å²) in [5, 5.41) is 10.1. The van der Waals surface area contributed by atoms with Crippen molar-refractivity contribution >= 4 is 40.2 Å². The Morgan fingerprint density at radius 3 is 1.79 bits per heavy atom. The topological polar surface area (TPSA) is 131 Å². The predicted octanol–water partition coefficient (Wildman–Crippen LogP) is 3.54. The van der Waals surface area contributed by atoms with Gasteiger partial charge in [-0.2, -0.15) is 0 Å². The third-order valence-electron chi connectivity index (χ3n) is 6.20. The van der Waals surface area contributed by atoms with Crippen molar-refractivity contribution in [2.24, 2.45) is 11.8 Å². The molecule has 3 N–H and O–H groups in total. The third-order valence-corrected chi connectivity index (χ3v) is 6.20. The van der Waals surface area contributed by atoms with E-state index in [1.165, 1.54) is 0 Å². The Balaban J connectivity index is 2.19. The molecule has 0 aromatic heterocycles. The molecule has 0 aliphatic carbocycles. The second kappa shape index (κ2) is 15.0. The van der Waals surface area contributed by atoms with Gasteiger partial charge in [0.05, 0.1) is 12.6 Å². The van der Waals surface area contributed by atoms with E-state index in [-0.39, 0.29) is 24.9 Å². The number of esters is 1. The van der Waals surface area contributed by atoms with E-state index in [9.17, 15) is 24.0 Å². The minimum atomic E-state index is -1.07. The molecule has 2 aromatic carbocycles. The largest absolute Gasteiger partial charge is 0.460 e. The van der Waals surface area contributed by atoms with Crippen molar-refractivity contribution in [3.8, 4) is 0 Å². The van der Waals surface area contributed by atoms with Gasteiger partial charge in [-0.3, -0.25) is 19.2 Å². The maximum Gasteiger partial charge on any atom is 0.376 e. The monoisotopic (exact) mass is 539 g/mol. The van der Waals surface area contributed by atoms with Gasteiger partial charge in [-0.05, 0) is 60.9 Å². The van der Waals surface area contributed by atoms with Crippen molar-refractivity contribution in [2.75, 3.05) is 6.61 Å². The first-order valence-electron chi connectivity index (χ1n) is 13.6. The molecule has 3 atom stereocenters. The van der Waals surface area contributed by atoms with Crippen LogP contribution in [0.3, 0.4) is 0 Å². The first kappa shape index (κ1) is 31.5. The Labute approximate surface area is 230 Å². The molecule has 2 aromatic rings. The Kier molecular flexibility index (Phi) is 12.1. The van der Waals surface area contributed by atoms with Crippen LogP contribution in [0.4, 0.5) is 0 Å². The molecule has 0 aliphatic heterocycles. The van der Waals surface area contributed by atoms with Gasteiger partial charge in [0, 0.05) is 5.56 Å². The zero-order valence-electron chi connectivity index (χ0n) is 23.7. The normalized spacial score (nSPS) is 13.4. The Morgan fingerprint density at radius 1 is 0.718 bits per heavy atom. The number of nitrogens with one attached hydrogen (secondary N) is 3. The van der Waals surface area contributed by atoms with E-state index >= 15 is 0 Å². The van der Waals surface area contributed by atoms with Crippen LogP contribution in [-0.2, 0) is 23.9 Å². The predicted molar refractivity (Wildman–Crippen MR) is 150 cm³/mol. The molecule has 39 heavy (non-hydrogen) atoms. The number of amides is 3. The van der Waals surface area contributed by atoms with E-state index in [1.54, 1.807) is 26.0 Å². The molecule has 9 heteroatoms. The molecule has 9 nitrogen and oxygen atoms in total. The summed E-state index contributed by atoms with van der Waals surface area (Å²) in [5.41, 5.74) is 0.426. The van der Waals surface area contributed by atoms with Crippen LogP contribution in [0.5, 0.6) is 0 Å². The van der Waals surface area contributed by atoms with Crippen molar-refractivity contribution in [3.63, 3.8) is 0 Å². The standard InChI is InChI=1S/C30H41N3O6/c1-7-23(26(34)30(38)39-8-2)31-28(36)25(16-19(5)6)33-29(37)24(15-18(3)4)32-27(35)22-14-13-20-11-9-10-12-21(20)17-22/h9-14,17-19,23-25H,7-8,15-16H2,1-6H3,(H,31,36)(H,32,35)(H,33,37)/t23-,24-,25-/m0/s1. The lowest BCUT2D eigenvalue weighted by atomic mass is 9.99. The molecule has 0 saturated heterocycles. The highest BCUT2D eigenvalue weighted by atomic mass is 16.5. The summed E-state index contributed by atoms with van der Waals surface area (Å²) in [6.07, 6.45) is 0.845. The van der Waals surface area contributed by atoms with Gasteiger partial charge in [0.15, 0.2) is 0 Å². The maximum atomic E-state index is 13.4. The number of fused-ring (bicyclic) bond motifs is 1. The van der Waals surface area contributed by atoms with Gasteiger partial charge in [-0.25, -0.2) is 4.79 Å². The lowest BCUT2D eigenvalue weighted by Gasteiger charge is -2.26. The maximum absolute atomic E-state index is 13.4. The number of carbonyl (C=O) groups excluding carboxylic acids is 5. The van der Waals surface area contributed by atoms with Crippen LogP contribution in [-0.4, -0.2) is 54.2 Å². The molecule has 0 saturated carbocycles. The van der Waals surface area contributed by atoms with Crippen LogP contribution in [0.1, 0.15) is 71.2 Å². The molecular formula is C30H41N3O6. The molecule has 0 unspecified atom stereocenters. The highest BCUT2D eigenvalue weighted by molar-refractivity contribution is 6.36. The number of carbonyl (C=O) groups is 5. The molecule has 2 rings (SSSR count). The van der Waals surface area contributed by atoms with Crippen LogP contribution < -0.4 is 16.0 Å².